The van der Waals surface area contributed by atoms with Crippen LogP contribution in [-0.2, 0) is 5.41 Å². The third-order valence-electron chi connectivity index (χ3n) is 3.66. The van der Waals surface area contributed by atoms with E-state index in [9.17, 15) is 5.11 Å². The lowest BCUT2D eigenvalue weighted by molar-refractivity contribution is 0.401. The highest BCUT2D eigenvalue weighted by Gasteiger charge is 2.14. The van der Waals surface area contributed by atoms with Crippen LogP contribution in [0.2, 0.25) is 0 Å². The quantitative estimate of drug-likeness (QED) is 0.527. The highest BCUT2D eigenvalue weighted by Crippen LogP contribution is 2.31. The maximum absolute atomic E-state index is 9.21. The van der Waals surface area contributed by atoms with E-state index in [4.69, 9.17) is 14.9 Å². The second-order valence-corrected chi connectivity index (χ2v) is 6.86. The molecule has 3 aromatic rings. The first-order valence-corrected chi connectivity index (χ1v) is 8.30. The topological polar surface area (TPSA) is 69.9 Å². The van der Waals surface area contributed by atoms with Crippen molar-refractivity contribution in [2.45, 2.75) is 26.2 Å². The maximum atomic E-state index is 9.21. The van der Waals surface area contributed by atoms with Gasteiger partial charge >= 0.3 is 0 Å². The summed E-state index contributed by atoms with van der Waals surface area (Å²) in [6, 6.07) is 21.1. The van der Waals surface area contributed by atoms with Crippen molar-refractivity contribution >= 4 is 0 Å². The van der Waals surface area contributed by atoms with Gasteiger partial charge in [0, 0.05) is 0 Å². The zero-order valence-corrected chi connectivity index (χ0v) is 15.2. The summed E-state index contributed by atoms with van der Waals surface area (Å²) in [7, 11) is 0. The van der Waals surface area contributed by atoms with Crippen molar-refractivity contribution < 1.29 is 20.1 Å². The van der Waals surface area contributed by atoms with Crippen molar-refractivity contribution in [1.82, 2.24) is 0 Å². The number of rotatable bonds is 2. The van der Waals surface area contributed by atoms with Crippen LogP contribution < -0.4 is 4.74 Å². The zero-order chi connectivity index (χ0) is 19.2. The summed E-state index contributed by atoms with van der Waals surface area (Å²) in [6.45, 7) is 6.16. The Bertz CT molecular complexity index is 819. The van der Waals surface area contributed by atoms with Gasteiger partial charge in [0.15, 0.2) is 11.5 Å². The molecule has 26 heavy (non-hydrogen) atoms. The van der Waals surface area contributed by atoms with Gasteiger partial charge in [-0.2, -0.15) is 0 Å². The highest BCUT2D eigenvalue weighted by atomic mass is 16.5. The number of hydrogen-bond acceptors (Lipinski definition) is 4. The molecule has 0 fully saturated rings. The van der Waals surface area contributed by atoms with E-state index in [0.29, 0.717) is 5.75 Å². The Balaban J connectivity index is 0.000000190. The minimum Gasteiger partial charge on any atom is -0.508 e. The van der Waals surface area contributed by atoms with Crippen LogP contribution in [0.3, 0.4) is 0 Å². The third kappa shape index (κ3) is 5.74. The highest BCUT2D eigenvalue weighted by molar-refractivity contribution is 5.42. The molecule has 4 nitrogen and oxygen atoms in total. The largest absolute Gasteiger partial charge is 0.508 e. The summed E-state index contributed by atoms with van der Waals surface area (Å²) in [6.07, 6.45) is 0. The number of aromatic hydroxyl groups is 3. The van der Waals surface area contributed by atoms with Crippen molar-refractivity contribution in [3.05, 3.63) is 78.4 Å². The van der Waals surface area contributed by atoms with E-state index >= 15 is 0 Å². The Labute approximate surface area is 154 Å². The lowest BCUT2D eigenvalue weighted by atomic mass is 9.87. The van der Waals surface area contributed by atoms with Crippen LogP contribution in [0.4, 0.5) is 0 Å². The first-order valence-electron chi connectivity index (χ1n) is 8.30. The molecule has 0 aliphatic heterocycles. The van der Waals surface area contributed by atoms with Crippen LogP contribution in [0.25, 0.3) is 0 Å². The summed E-state index contributed by atoms with van der Waals surface area (Å²) >= 11 is 0. The van der Waals surface area contributed by atoms with E-state index in [1.54, 1.807) is 30.3 Å². The fourth-order valence-corrected chi connectivity index (χ4v) is 2.13. The Hall–Kier alpha value is -3.14. The van der Waals surface area contributed by atoms with Gasteiger partial charge in [0.25, 0.3) is 0 Å². The van der Waals surface area contributed by atoms with Gasteiger partial charge < -0.3 is 20.1 Å². The van der Waals surface area contributed by atoms with Crippen LogP contribution in [0.1, 0.15) is 26.3 Å². The van der Waals surface area contributed by atoms with Gasteiger partial charge in [-0.15, -0.1) is 0 Å². The van der Waals surface area contributed by atoms with Gasteiger partial charge in [-0.1, -0.05) is 45.0 Å². The molecule has 0 radical (unpaired) electrons. The van der Waals surface area contributed by atoms with Crippen LogP contribution in [0.5, 0.6) is 28.7 Å². The number of benzene rings is 3. The predicted octanol–water partition coefficient (Wildman–Crippen LogP) is 5.58. The van der Waals surface area contributed by atoms with Crippen LogP contribution in [-0.4, -0.2) is 15.3 Å². The van der Waals surface area contributed by atoms with Gasteiger partial charge in [-0.05, 0) is 59.5 Å². The third-order valence-corrected chi connectivity index (χ3v) is 3.66. The minimum atomic E-state index is -0.0667. The second kappa shape index (κ2) is 8.30. The average molecular weight is 352 g/mol. The molecule has 0 saturated carbocycles. The molecule has 3 aromatic carbocycles. The smallest absolute Gasteiger partial charge is 0.157 e. The van der Waals surface area contributed by atoms with Gasteiger partial charge in [0.05, 0.1) is 0 Å². The van der Waals surface area contributed by atoms with Crippen molar-refractivity contribution in [2.24, 2.45) is 0 Å². The van der Waals surface area contributed by atoms with E-state index in [1.165, 1.54) is 6.07 Å². The summed E-state index contributed by atoms with van der Waals surface area (Å²) in [5, 5.41) is 27.3. The average Bonchev–Trinajstić information content (AvgIpc) is 2.60. The summed E-state index contributed by atoms with van der Waals surface area (Å²) in [4.78, 5) is 0. The zero-order valence-electron chi connectivity index (χ0n) is 15.2. The molecule has 0 aliphatic rings. The molecule has 0 amide bonds. The van der Waals surface area contributed by atoms with Gasteiger partial charge in [-0.25, -0.2) is 0 Å². The molecule has 0 unspecified atom stereocenters. The predicted molar refractivity (Wildman–Crippen MR) is 103 cm³/mol. The van der Waals surface area contributed by atoms with E-state index in [1.807, 2.05) is 36.4 Å². The molecule has 136 valence electrons. The number of phenolic OH excluding ortho intramolecular Hbond substituents is 3. The summed E-state index contributed by atoms with van der Waals surface area (Å²) < 4.78 is 5.52. The van der Waals surface area contributed by atoms with Crippen molar-refractivity contribution in [3.8, 4) is 28.7 Å². The second-order valence-electron chi connectivity index (χ2n) is 6.86. The maximum Gasteiger partial charge on any atom is 0.157 e. The van der Waals surface area contributed by atoms with Gasteiger partial charge in [0.1, 0.15) is 17.2 Å². The van der Waals surface area contributed by atoms with Crippen LogP contribution >= 0.6 is 0 Å². The lowest BCUT2D eigenvalue weighted by Crippen LogP contribution is -2.10. The van der Waals surface area contributed by atoms with Crippen molar-refractivity contribution in [3.63, 3.8) is 0 Å². The van der Waals surface area contributed by atoms with E-state index in [-0.39, 0.29) is 22.7 Å². The molecule has 0 aliphatic carbocycles. The molecule has 0 heterocycles. The molecular weight excluding hydrogens is 328 g/mol. The number of hydrogen-bond donors (Lipinski definition) is 3. The molecule has 0 aromatic heterocycles. The van der Waals surface area contributed by atoms with E-state index in [2.05, 4.69) is 20.8 Å². The summed E-state index contributed by atoms with van der Waals surface area (Å²) in [5.74, 6) is 1.63. The van der Waals surface area contributed by atoms with Crippen LogP contribution in [0.15, 0.2) is 72.8 Å². The van der Waals surface area contributed by atoms with Gasteiger partial charge in [-0.3, -0.25) is 0 Å². The normalized spacial score (nSPS) is 10.6. The van der Waals surface area contributed by atoms with Crippen LogP contribution in [0, 0.1) is 0 Å². The molecule has 0 spiro atoms. The van der Waals surface area contributed by atoms with Gasteiger partial charge in [0.2, 0.25) is 0 Å². The molecule has 3 N–H and O–H groups in total. The standard InChI is InChI=1S/C12H10O2.C10H14O2/c13-10-6-8-12(9-7-10)14-11-4-2-1-3-5-11;1-10(2,3)7-4-5-8(11)9(12)6-7/h1-9,13H;4-6,11-12H,1-3H3. The molecule has 0 bridgehead atoms. The Morgan fingerprint density at radius 2 is 1.23 bits per heavy atom. The fourth-order valence-electron chi connectivity index (χ4n) is 2.13. The molecule has 0 atom stereocenters. The van der Waals surface area contributed by atoms with E-state index in [0.717, 1.165) is 11.3 Å². The summed E-state index contributed by atoms with van der Waals surface area (Å²) in [5.41, 5.74) is 1.02. The first kappa shape index (κ1) is 19.2. The fraction of sp³-hybridized carbons (Fsp3) is 0.182. The minimum absolute atomic E-state index is 0.00514. The number of phenols is 3. The Kier molecular flexibility index (Phi) is 6.12. The lowest BCUT2D eigenvalue weighted by Gasteiger charge is -2.19. The molecule has 0 saturated heterocycles. The SMILES string of the molecule is CC(C)(C)c1ccc(O)c(O)c1.Oc1ccc(Oc2ccccc2)cc1. The Morgan fingerprint density at radius 3 is 1.77 bits per heavy atom. The number of ether oxygens (including phenoxy) is 1. The molecule has 4 heteroatoms. The molecular formula is C22H24O4. The van der Waals surface area contributed by atoms with Crippen molar-refractivity contribution in [1.29, 1.82) is 0 Å². The molecule has 3 rings (SSSR count). The Morgan fingerprint density at radius 1 is 0.654 bits per heavy atom. The van der Waals surface area contributed by atoms with E-state index < -0.39 is 0 Å². The monoisotopic (exact) mass is 352 g/mol. The van der Waals surface area contributed by atoms with Crippen molar-refractivity contribution in [2.75, 3.05) is 0 Å². The first-order chi connectivity index (χ1) is 12.3. The number of para-hydroxylation sites is 1.